The maximum atomic E-state index is 6.96. The third kappa shape index (κ3) is 9.29. The maximum absolute atomic E-state index is 6.96. The predicted octanol–water partition coefficient (Wildman–Crippen LogP) is 21.2. The molecule has 89 heavy (non-hydrogen) atoms. The van der Waals surface area contributed by atoms with Gasteiger partial charge >= 0.3 is 0 Å². The molecule has 0 amide bonds. The van der Waals surface area contributed by atoms with E-state index in [-0.39, 0.29) is 23.0 Å². The van der Waals surface area contributed by atoms with Crippen molar-refractivity contribution < 1.29 is 4.42 Å². The van der Waals surface area contributed by atoms with E-state index in [4.69, 9.17) is 4.42 Å². The van der Waals surface area contributed by atoms with E-state index in [2.05, 4.69) is 339 Å². The average molecular weight is 1160 g/mol. The van der Waals surface area contributed by atoms with E-state index >= 15 is 0 Å². The summed E-state index contributed by atoms with van der Waals surface area (Å²) in [4.78, 5) is 7.67. The minimum atomic E-state index is -0.0930. The molecule has 0 saturated carbocycles. The topological polar surface area (TPSA) is 27.8 Å². The Morgan fingerprint density at radius 3 is 1.61 bits per heavy atom. The number of aromatic nitrogens is 1. The summed E-state index contributed by atoms with van der Waals surface area (Å²) >= 11 is 0. The minimum Gasteiger partial charge on any atom is -0.455 e. The van der Waals surface area contributed by atoms with Gasteiger partial charge in [-0.15, -0.1) is 0 Å². The number of nitrogens with zero attached hydrogens (tertiary/aromatic N) is 4. The van der Waals surface area contributed by atoms with Gasteiger partial charge in [0, 0.05) is 78.5 Å². The summed E-state index contributed by atoms with van der Waals surface area (Å²) in [5, 5.41) is 3.55. The number of anilines is 9. The predicted molar refractivity (Wildman–Crippen MR) is 380 cm³/mol. The maximum Gasteiger partial charge on any atom is 0.252 e. The van der Waals surface area contributed by atoms with Gasteiger partial charge in [-0.1, -0.05) is 196 Å². The molecule has 0 atom stereocenters. The molecule has 4 heterocycles. The summed E-state index contributed by atoms with van der Waals surface area (Å²) < 4.78 is 9.39. The Hall–Kier alpha value is -9.78. The van der Waals surface area contributed by atoms with Crippen LogP contribution in [-0.2, 0) is 16.2 Å². The lowest BCUT2D eigenvalue weighted by atomic mass is 9.33. The molecule has 0 saturated heterocycles. The Labute approximate surface area is 525 Å². The van der Waals surface area contributed by atoms with E-state index in [1.807, 2.05) is 0 Å². The van der Waals surface area contributed by atoms with Gasteiger partial charge in [0.15, 0.2) is 0 Å². The van der Waals surface area contributed by atoms with Gasteiger partial charge in [-0.25, -0.2) is 0 Å². The van der Waals surface area contributed by atoms with Crippen LogP contribution in [0.4, 0.5) is 51.2 Å². The van der Waals surface area contributed by atoms with Gasteiger partial charge in [-0.05, 0) is 195 Å². The molecule has 0 unspecified atom stereocenters. The van der Waals surface area contributed by atoms with Crippen molar-refractivity contribution in [2.45, 2.75) is 99.3 Å². The SMILES string of the molecule is Cc1cc2c3c(c1)N(c1c(C)cc(-c4oc5ccccc5c4-c4ccccc4)cc1C)c1cc(N(c4ccc(C(C)(C)C)cc4)c4ccc5c6ccccc6n(-c6ccccc6)c5c4)ccc1B3c1cc(C(C)(C)C)ccc1N2c1ccc(C(C)(C)C)cc1. The quantitative estimate of drug-likeness (QED) is 0.142. The largest absolute Gasteiger partial charge is 0.455 e. The molecule has 2 aliphatic rings. The average Bonchev–Trinajstić information content (AvgIpc) is 1.22. The second-order valence-corrected chi connectivity index (χ2v) is 28.0. The number of hydrogen-bond acceptors (Lipinski definition) is 4. The molecule has 15 rings (SSSR count). The van der Waals surface area contributed by atoms with Crippen molar-refractivity contribution in [3.63, 3.8) is 0 Å². The Kier molecular flexibility index (Phi) is 13.0. The van der Waals surface area contributed by atoms with E-state index in [9.17, 15) is 0 Å². The molecule has 0 bridgehead atoms. The molecule has 0 N–H and O–H groups in total. The summed E-state index contributed by atoms with van der Waals surface area (Å²) in [6.45, 7) is 27.6. The van der Waals surface area contributed by atoms with Crippen LogP contribution in [0.15, 0.2) is 241 Å². The summed E-state index contributed by atoms with van der Waals surface area (Å²) in [6, 6.07) is 88.8. The number of fused-ring (bicyclic) bond motifs is 8. The van der Waals surface area contributed by atoms with Gasteiger partial charge < -0.3 is 23.7 Å². The molecule has 436 valence electrons. The summed E-state index contributed by atoms with van der Waals surface area (Å²) in [5.41, 5.74) is 29.1. The first-order valence-electron chi connectivity index (χ1n) is 31.6. The van der Waals surface area contributed by atoms with Gasteiger partial charge in [0.25, 0.3) is 6.71 Å². The van der Waals surface area contributed by atoms with Gasteiger partial charge in [0.1, 0.15) is 11.3 Å². The van der Waals surface area contributed by atoms with Crippen LogP contribution < -0.4 is 31.1 Å². The fourth-order valence-corrected chi connectivity index (χ4v) is 14.4. The molecule has 13 aromatic rings. The molecular weight excluding hydrogens is 1080 g/mol. The van der Waals surface area contributed by atoms with E-state index in [1.165, 1.54) is 72.0 Å². The van der Waals surface area contributed by atoms with Gasteiger partial charge in [-0.3, -0.25) is 0 Å². The summed E-state index contributed by atoms with van der Waals surface area (Å²) in [5.74, 6) is 0.875. The van der Waals surface area contributed by atoms with Crippen LogP contribution in [0, 0.1) is 20.8 Å². The first-order chi connectivity index (χ1) is 42.8. The molecule has 6 heteroatoms. The van der Waals surface area contributed by atoms with E-state index in [0.29, 0.717) is 0 Å². The van der Waals surface area contributed by atoms with Gasteiger partial charge in [-0.2, -0.15) is 0 Å². The zero-order valence-electron chi connectivity index (χ0n) is 53.3. The minimum absolute atomic E-state index is 0.00968. The van der Waals surface area contributed by atoms with E-state index in [1.54, 1.807) is 0 Å². The first-order valence-corrected chi connectivity index (χ1v) is 31.6. The highest BCUT2D eigenvalue weighted by Gasteiger charge is 2.45. The number of para-hydroxylation sites is 3. The van der Waals surface area contributed by atoms with Crippen LogP contribution in [0.1, 0.15) is 95.7 Å². The Morgan fingerprint density at radius 1 is 0.382 bits per heavy atom. The van der Waals surface area contributed by atoms with Crippen molar-refractivity contribution in [2.75, 3.05) is 14.7 Å². The molecule has 0 spiro atoms. The molecule has 0 aliphatic carbocycles. The lowest BCUT2D eigenvalue weighted by Crippen LogP contribution is -2.61. The zero-order chi connectivity index (χ0) is 61.4. The van der Waals surface area contributed by atoms with Crippen molar-refractivity contribution in [1.82, 2.24) is 4.57 Å². The Morgan fingerprint density at radius 2 is 0.933 bits per heavy atom. The monoisotopic (exact) mass is 1150 g/mol. The van der Waals surface area contributed by atoms with Crippen molar-refractivity contribution in [1.29, 1.82) is 0 Å². The van der Waals surface area contributed by atoms with Crippen LogP contribution in [0.2, 0.25) is 0 Å². The molecular formula is C83H75BN4O. The number of benzene rings is 11. The van der Waals surface area contributed by atoms with Crippen LogP contribution in [0.25, 0.3) is 60.9 Å². The highest BCUT2D eigenvalue weighted by molar-refractivity contribution is 7.00. The smallest absolute Gasteiger partial charge is 0.252 e. The second kappa shape index (κ2) is 20.7. The summed E-state index contributed by atoms with van der Waals surface area (Å²) in [7, 11) is 0. The first kappa shape index (κ1) is 55.8. The molecule has 5 nitrogen and oxygen atoms in total. The number of hydrogen-bond donors (Lipinski definition) is 0. The van der Waals surface area contributed by atoms with E-state index in [0.717, 1.165) is 89.9 Å². The fourth-order valence-electron chi connectivity index (χ4n) is 14.4. The lowest BCUT2D eigenvalue weighted by molar-refractivity contribution is 0.590. The third-order valence-electron chi connectivity index (χ3n) is 18.9. The molecule has 11 aromatic carbocycles. The van der Waals surface area contributed by atoms with Crippen molar-refractivity contribution in [3.8, 4) is 28.1 Å². The second-order valence-electron chi connectivity index (χ2n) is 28.0. The Bertz CT molecular complexity index is 4910. The highest BCUT2D eigenvalue weighted by atomic mass is 16.3. The van der Waals surface area contributed by atoms with Gasteiger partial charge in [0.05, 0.1) is 16.7 Å². The number of furan rings is 1. The van der Waals surface area contributed by atoms with Crippen LogP contribution >= 0.6 is 0 Å². The number of aryl methyl sites for hydroxylation is 3. The van der Waals surface area contributed by atoms with Crippen molar-refractivity contribution in [2.24, 2.45) is 0 Å². The Balaban J connectivity index is 1.01. The van der Waals surface area contributed by atoms with Gasteiger partial charge in [0.2, 0.25) is 0 Å². The fraction of sp³-hybridized carbons (Fsp3) is 0.181. The normalized spacial score (nSPS) is 13.1. The van der Waals surface area contributed by atoms with Crippen molar-refractivity contribution >= 4 is 107 Å². The van der Waals surface area contributed by atoms with Crippen LogP contribution in [0.5, 0.6) is 0 Å². The summed E-state index contributed by atoms with van der Waals surface area (Å²) in [6.07, 6.45) is 0. The van der Waals surface area contributed by atoms with Crippen LogP contribution in [0.3, 0.4) is 0 Å². The van der Waals surface area contributed by atoms with Crippen molar-refractivity contribution in [3.05, 3.63) is 270 Å². The highest BCUT2D eigenvalue weighted by Crippen LogP contribution is 2.51. The number of rotatable bonds is 8. The van der Waals surface area contributed by atoms with Crippen LogP contribution in [-0.4, -0.2) is 11.3 Å². The molecule has 0 fully saturated rings. The molecule has 2 aliphatic heterocycles. The standard InChI is InChI=1S/C83H75BN4O/c1-52-45-74-78-75(46-52)88(79-53(2)47-56(48-54(79)3)80-77(55-23-15-13-16-24-55)67-28-20-22-30-76(67)89-80)73-51-64(41-43-68(73)84(78)69-49-59(83(10,11)12)35-44-71(69)87(74)62-38-33-58(34-39-62)82(7,8)9)85(61-36-31-57(32-37-61)81(4,5)6)63-40-42-66-65-27-19-21-29-70(65)86(72(66)50-63)60-25-17-14-18-26-60/h13-51H,1-12H3. The molecule has 0 radical (unpaired) electrons. The lowest BCUT2D eigenvalue weighted by Gasteiger charge is -2.45. The zero-order valence-corrected chi connectivity index (χ0v) is 53.3. The van der Waals surface area contributed by atoms with E-state index < -0.39 is 0 Å². The third-order valence-corrected chi connectivity index (χ3v) is 18.9. The molecule has 2 aromatic heterocycles.